The standard InChI is InChI=1S/C19H32N2O/c1-12(2)15-7-8-16(13(3)4)19(22-6)18(15)17-9-14(10-20)11-21(17)5/h7-8,12-14,17H,9-11,20H2,1-6H3. The molecule has 2 rings (SSSR count). The lowest BCUT2D eigenvalue weighted by molar-refractivity contribution is 0.299. The van der Waals surface area contributed by atoms with Crippen LogP contribution in [0.5, 0.6) is 5.75 Å². The molecule has 22 heavy (non-hydrogen) atoms. The summed E-state index contributed by atoms with van der Waals surface area (Å²) in [5.41, 5.74) is 10.0. The van der Waals surface area contributed by atoms with Crippen molar-refractivity contribution >= 4 is 0 Å². The van der Waals surface area contributed by atoms with Crippen LogP contribution in [-0.4, -0.2) is 32.1 Å². The quantitative estimate of drug-likeness (QED) is 0.897. The van der Waals surface area contributed by atoms with Gasteiger partial charge in [0.1, 0.15) is 5.75 Å². The van der Waals surface area contributed by atoms with Crippen LogP contribution in [0.4, 0.5) is 0 Å². The molecule has 1 aromatic rings. The summed E-state index contributed by atoms with van der Waals surface area (Å²) in [5.74, 6) is 2.64. The molecule has 1 aromatic carbocycles. The fraction of sp³-hybridized carbons (Fsp3) is 0.684. The van der Waals surface area contributed by atoms with E-state index in [1.807, 2.05) is 7.11 Å². The Hall–Kier alpha value is -1.06. The topological polar surface area (TPSA) is 38.5 Å². The van der Waals surface area contributed by atoms with E-state index < -0.39 is 0 Å². The van der Waals surface area contributed by atoms with E-state index in [1.165, 1.54) is 16.7 Å². The number of likely N-dealkylation sites (tertiary alicyclic amines) is 1. The second-order valence-electron chi connectivity index (χ2n) is 7.29. The Balaban J connectivity index is 2.57. The summed E-state index contributed by atoms with van der Waals surface area (Å²) in [5, 5.41) is 0. The van der Waals surface area contributed by atoms with Crippen LogP contribution in [0, 0.1) is 5.92 Å². The molecule has 1 aliphatic heterocycles. The van der Waals surface area contributed by atoms with Gasteiger partial charge in [-0.25, -0.2) is 0 Å². The van der Waals surface area contributed by atoms with E-state index >= 15 is 0 Å². The zero-order valence-corrected chi connectivity index (χ0v) is 15.0. The third-order valence-electron chi connectivity index (χ3n) is 5.01. The average molecular weight is 304 g/mol. The van der Waals surface area contributed by atoms with Crippen LogP contribution < -0.4 is 10.5 Å². The molecule has 0 saturated carbocycles. The van der Waals surface area contributed by atoms with E-state index in [4.69, 9.17) is 10.5 Å². The lowest BCUT2D eigenvalue weighted by atomic mass is 9.86. The maximum Gasteiger partial charge on any atom is 0.127 e. The summed E-state index contributed by atoms with van der Waals surface area (Å²) in [4.78, 5) is 2.45. The normalized spacial score (nSPS) is 22.8. The van der Waals surface area contributed by atoms with E-state index in [1.54, 1.807) is 0 Å². The maximum absolute atomic E-state index is 5.92. The molecule has 0 bridgehead atoms. The summed E-state index contributed by atoms with van der Waals surface area (Å²) in [6.45, 7) is 10.8. The number of benzene rings is 1. The van der Waals surface area contributed by atoms with Gasteiger partial charge in [0.2, 0.25) is 0 Å². The molecule has 1 aliphatic rings. The van der Waals surface area contributed by atoms with Crippen LogP contribution in [0.2, 0.25) is 0 Å². The van der Waals surface area contributed by atoms with Crippen molar-refractivity contribution in [3.8, 4) is 5.75 Å². The molecule has 0 amide bonds. The summed E-state index contributed by atoms with van der Waals surface area (Å²) in [6.07, 6.45) is 1.13. The molecule has 0 aromatic heterocycles. The van der Waals surface area contributed by atoms with Gasteiger partial charge in [0.25, 0.3) is 0 Å². The highest BCUT2D eigenvalue weighted by Gasteiger charge is 2.34. The van der Waals surface area contributed by atoms with Crippen molar-refractivity contribution in [3.63, 3.8) is 0 Å². The van der Waals surface area contributed by atoms with Crippen LogP contribution in [0.25, 0.3) is 0 Å². The van der Waals surface area contributed by atoms with Gasteiger partial charge < -0.3 is 10.5 Å². The van der Waals surface area contributed by atoms with Gasteiger partial charge in [0.15, 0.2) is 0 Å². The van der Waals surface area contributed by atoms with Crippen molar-refractivity contribution in [3.05, 3.63) is 28.8 Å². The molecule has 2 N–H and O–H groups in total. The molecular formula is C19H32N2O. The van der Waals surface area contributed by atoms with E-state index in [0.717, 1.165) is 25.3 Å². The van der Waals surface area contributed by atoms with Gasteiger partial charge in [0, 0.05) is 18.2 Å². The molecule has 0 spiro atoms. The number of nitrogens with two attached hydrogens (primary N) is 1. The number of methoxy groups -OCH3 is 1. The molecule has 0 radical (unpaired) electrons. The second-order valence-corrected chi connectivity index (χ2v) is 7.29. The maximum atomic E-state index is 5.92. The van der Waals surface area contributed by atoms with Gasteiger partial charge in [-0.3, -0.25) is 4.90 Å². The van der Waals surface area contributed by atoms with Crippen molar-refractivity contribution in [2.24, 2.45) is 11.7 Å². The zero-order chi connectivity index (χ0) is 16.4. The molecule has 1 saturated heterocycles. The minimum atomic E-state index is 0.416. The van der Waals surface area contributed by atoms with Gasteiger partial charge in [0.05, 0.1) is 7.11 Å². The highest BCUT2D eigenvalue weighted by molar-refractivity contribution is 5.51. The van der Waals surface area contributed by atoms with E-state index in [0.29, 0.717) is 23.8 Å². The number of rotatable bonds is 5. The van der Waals surface area contributed by atoms with Crippen molar-refractivity contribution in [1.29, 1.82) is 0 Å². The minimum absolute atomic E-state index is 0.416. The monoisotopic (exact) mass is 304 g/mol. The molecule has 2 unspecified atom stereocenters. The molecule has 1 heterocycles. The Bertz CT molecular complexity index is 510. The molecule has 1 fully saturated rings. The molecule has 0 aliphatic carbocycles. The highest BCUT2D eigenvalue weighted by Crippen LogP contribution is 2.45. The third kappa shape index (κ3) is 3.16. The first-order valence-electron chi connectivity index (χ1n) is 8.51. The van der Waals surface area contributed by atoms with Crippen molar-refractivity contribution in [1.82, 2.24) is 4.90 Å². The van der Waals surface area contributed by atoms with E-state index in [-0.39, 0.29) is 0 Å². The number of hydrogen-bond acceptors (Lipinski definition) is 3. The molecular weight excluding hydrogens is 272 g/mol. The number of hydrogen-bond donors (Lipinski definition) is 1. The Morgan fingerprint density at radius 2 is 1.77 bits per heavy atom. The van der Waals surface area contributed by atoms with Crippen molar-refractivity contribution in [2.75, 3.05) is 27.2 Å². The van der Waals surface area contributed by atoms with Gasteiger partial charge in [-0.05, 0) is 48.9 Å². The number of nitrogens with zero attached hydrogens (tertiary/aromatic N) is 1. The predicted octanol–water partition coefficient (Wildman–Crippen LogP) is 3.89. The van der Waals surface area contributed by atoms with Gasteiger partial charge in [-0.2, -0.15) is 0 Å². The molecule has 124 valence electrons. The molecule has 2 atom stereocenters. The zero-order valence-electron chi connectivity index (χ0n) is 15.0. The fourth-order valence-corrected chi connectivity index (χ4v) is 3.77. The largest absolute Gasteiger partial charge is 0.496 e. The smallest absolute Gasteiger partial charge is 0.127 e. The molecule has 3 heteroatoms. The summed E-state index contributed by atoms with van der Waals surface area (Å²) in [7, 11) is 4.02. The average Bonchev–Trinajstić information content (AvgIpc) is 2.86. The highest BCUT2D eigenvalue weighted by atomic mass is 16.5. The first kappa shape index (κ1) is 17.3. The number of ether oxygens (including phenoxy) is 1. The second kappa shape index (κ2) is 7.01. The van der Waals surface area contributed by atoms with Crippen LogP contribution in [0.3, 0.4) is 0 Å². The Kier molecular flexibility index (Phi) is 5.51. The third-order valence-corrected chi connectivity index (χ3v) is 5.01. The summed E-state index contributed by atoms with van der Waals surface area (Å²) in [6, 6.07) is 4.97. The van der Waals surface area contributed by atoms with Crippen LogP contribution >= 0.6 is 0 Å². The van der Waals surface area contributed by atoms with E-state index in [2.05, 4.69) is 51.8 Å². The fourth-order valence-electron chi connectivity index (χ4n) is 3.77. The van der Waals surface area contributed by atoms with Crippen LogP contribution in [0.15, 0.2) is 12.1 Å². The van der Waals surface area contributed by atoms with Crippen molar-refractivity contribution in [2.45, 2.75) is 52.0 Å². The van der Waals surface area contributed by atoms with Crippen LogP contribution in [-0.2, 0) is 0 Å². The first-order chi connectivity index (χ1) is 10.4. The Morgan fingerprint density at radius 3 is 2.23 bits per heavy atom. The Morgan fingerprint density at radius 1 is 1.18 bits per heavy atom. The molecule has 3 nitrogen and oxygen atoms in total. The van der Waals surface area contributed by atoms with Gasteiger partial charge in [-0.15, -0.1) is 0 Å². The first-order valence-corrected chi connectivity index (χ1v) is 8.51. The van der Waals surface area contributed by atoms with Crippen molar-refractivity contribution < 1.29 is 4.74 Å². The van der Waals surface area contributed by atoms with E-state index in [9.17, 15) is 0 Å². The lowest BCUT2D eigenvalue weighted by Gasteiger charge is -2.28. The predicted molar refractivity (Wildman–Crippen MR) is 93.7 cm³/mol. The summed E-state index contributed by atoms with van der Waals surface area (Å²) >= 11 is 0. The lowest BCUT2D eigenvalue weighted by Crippen LogP contribution is -2.22. The minimum Gasteiger partial charge on any atom is -0.496 e. The SMILES string of the molecule is COc1c(C(C)C)ccc(C(C)C)c1C1CC(CN)CN1C. The van der Waals surface area contributed by atoms with Crippen LogP contribution in [0.1, 0.15) is 68.7 Å². The van der Waals surface area contributed by atoms with Gasteiger partial charge >= 0.3 is 0 Å². The summed E-state index contributed by atoms with van der Waals surface area (Å²) < 4.78 is 5.90. The van der Waals surface area contributed by atoms with Gasteiger partial charge in [-0.1, -0.05) is 39.8 Å². The Labute approximate surface area is 135 Å².